The molecule has 0 bridgehead atoms. The lowest BCUT2D eigenvalue weighted by atomic mass is 10.1. The van der Waals surface area contributed by atoms with Crippen LogP contribution in [0.15, 0.2) is 41.3 Å². The number of amides is 1. The Bertz CT molecular complexity index is 901. The van der Waals surface area contributed by atoms with Gasteiger partial charge in [-0.05, 0) is 56.0 Å². The molecule has 1 aliphatic rings. The van der Waals surface area contributed by atoms with Gasteiger partial charge in [0.1, 0.15) is 11.6 Å². The number of carbonyl (C=O) groups excluding carboxylic acids is 1. The molecular weight excluding hydrogens is 453 g/mol. The Kier molecular flexibility index (Phi) is 9.47. The van der Waals surface area contributed by atoms with Gasteiger partial charge in [0.15, 0.2) is 0 Å². The average Bonchev–Trinajstić information content (AvgIpc) is 2.79. The van der Waals surface area contributed by atoms with Crippen LogP contribution in [0.1, 0.15) is 23.7 Å². The molecule has 1 fully saturated rings. The highest BCUT2D eigenvalue weighted by atomic mass is 35.5. The first-order valence-corrected chi connectivity index (χ1v) is 12.0. The van der Waals surface area contributed by atoms with Crippen LogP contribution < -0.4 is 15.8 Å². The van der Waals surface area contributed by atoms with Crippen molar-refractivity contribution in [2.24, 2.45) is 0 Å². The number of nitrogens with zero attached hydrogens (tertiary/aromatic N) is 1. The van der Waals surface area contributed by atoms with Gasteiger partial charge in [0.05, 0.1) is 35.6 Å². The summed E-state index contributed by atoms with van der Waals surface area (Å²) >= 11 is 7.82. The van der Waals surface area contributed by atoms with Crippen molar-refractivity contribution in [2.45, 2.75) is 24.3 Å². The van der Waals surface area contributed by atoms with E-state index in [-0.39, 0.29) is 17.8 Å². The second-order valence-electron chi connectivity index (χ2n) is 7.46. The molecule has 0 aromatic heterocycles. The third-order valence-corrected chi connectivity index (χ3v) is 6.48. The lowest BCUT2D eigenvalue weighted by Crippen LogP contribution is -2.47. The maximum absolute atomic E-state index is 13.0. The molecule has 0 saturated carbocycles. The number of nitrogens with one attached hydrogen (secondary N) is 1. The number of rotatable bonds is 10. The first-order valence-electron chi connectivity index (χ1n) is 10.7. The number of nitrogens with two attached hydrogens (primary N) is 1. The molecule has 1 heterocycles. The van der Waals surface area contributed by atoms with Crippen molar-refractivity contribution in [2.75, 3.05) is 50.9 Å². The minimum absolute atomic E-state index is 0.0859. The third kappa shape index (κ3) is 7.27. The fourth-order valence-electron chi connectivity index (χ4n) is 3.44. The number of carbonyl (C=O) groups is 1. The zero-order chi connectivity index (χ0) is 22.9. The standard InChI is InChI=1S/C23H29ClFN3O3S/c1-2-30-22-13-21(26)20(24)12-19(22)23(29)27-14-17-15-28(9-10-31-17)8-3-11-32-18-6-4-16(25)5-7-18/h4-7,12-13,17H,2-3,8-11,14-15,26H2,1H3,(H,27,29). The van der Waals surface area contributed by atoms with Gasteiger partial charge in [-0.15, -0.1) is 11.8 Å². The van der Waals surface area contributed by atoms with Crippen LogP contribution >= 0.6 is 23.4 Å². The normalized spacial score (nSPS) is 16.7. The number of anilines is 1. The molecular formula is C23H29ClFN3O3S. The SMILES string of the molecule is CCOc1cc(N)c(Cl)cc1C(=O)NCC1CN(CCCSc2ccc(F)cc2)CCO1. The smallest absolute Gasteiger partial charge is 0.255 e. The van der Waals surface area contributed by atoms with Gasteiger partial charge in [0.2, 0.25) is 0 Å². The first-order chi connectivity index (χ1) is 15.5. The third-order valence-electron chi connectivity index (χ3n) is 5.06. The Labute approximate surface area is 197 Å². The molecule has 2 aromatic carbocycles. The zero-order valence-corrected chi connectivity index (χ0v) is 19.7. The van der Waals surface area contributed by atoms with Gasteiger partial charge >= 0.3 is 0 Å². The fraction of sp³-hybridized carbons (Fsp3) is 0.435. The minimum atomic E-state index is -0.272. The van der Waals surface area contributed by atoms with Crippen LogP contribution in [-0.2, 0) is 4.74 Å². The van der Waals surface area contributed by atoms with Crippen LogP contribution in [0.4, 0.5) is 10.1 Å². The molecule has 6 nitrogen and oxygen atoms in total. The lowest BCUT2D eigenvalue weighted by molar-refractivity contribution is -0.0261. The van der Waals surface area contributed by atoms with Crippen LogP contribution in [-0.4, -0.2) is 62.1 Å². The van der Waals surface area contributed by atoms with Gasteiger partial charge in [-0.25, -0.2) is 4.39 Å². The van der Waals surface area contributed by atoms with E-state index < -0.39 is 0 Å². The number of hydrogen-bond acceptors (Lipinski definition) is 6. The zero-order valence-electron chi connectivity index (χ0n) is 18.1. The van der Waals surface area contributed by atoms with E-state index in [0.29, 0.717) is 41.8 Å². The molecule has 2 aromatic rings. The maximum Gasteiger partial charge on any atom is 0.255 e. The van der Waals surface area contributed by atoms with Gasteiger partial charge in [-0.2, -0.15) is 0 Å². The predicted octanol–water partition coefficient (Wildman–Crippen LogP) is 4.07. The molecule has 1 saturated heterocycles. The van der Waals surface area contributed by atoms with Gasteiger partial charge in [0, 0.05) is 30.6 Å². The predicted molar refractivity (Wildman–Crippen MR) is 127 cm³/mol. The molecule has 1 aliphatic heterocycles. The molecule has 3 rings (SSSR count). The second-order valence-corrected chi connectivity index (χ2v) is 9.04. The van der Waals surface area contributed by atoms with Crippen molar-refractivity contribution in [3.8, 4) is 5.75 Å². The van der Waals surface area contributed by atoms with Crippen LogP contribution in [0.25, 0.3) is 0 Å². The van der Waals surface area contributed by atoms with Crippen molar-refractivity contribution in [3.63, 3.8) is 0 Å². The van der Waals surface area contributed by atoms with Crippen molar-refractivity contribution < 1.29 is 18.7 Å². The van der Waals surface area contributed by atoms with Gasteiger partial charge < -0.3 is 20.5 Å². The number of morpholine rings is 1. The Morgan fingerprint density at radius 1 is 1.38 bits per heavy atom. The van der Waals surface area contributed by atoms with Crippen LogP contribution in [0, 0.1) is 5.82 Å². The topological polar surface area (TPSA) is 76.8 Å². The van der Waals surface area contributed by atoms with E-state index >= 15 is 0 Å². The summed E-state index contributed by atoms with van der Waals surface area (Å²) in [4.78, 5) is 16.1. The number of ether oxygens (including phenoxy) is 2. The number of benzene rings is 2. The molecule has 32 heavy (non-hydrogen) atoms. The van der Waals surface area contributed by atoms with Crippen molar-refractivity contribution in [1.82, 2.24) is 10.2 Å². The minimum Gasteiger partial charge on any atom is -0.493 e. The molecule has 1 amide bonds. The monoisotopic (exact) mass is 481 g/mol. The quantitative estimate of drug-likeness (QED) is 0.302. The van der Waals surface area contributed by atoms with E-state index in [1.54, 1.807) is 30.0 Å². The summed E-state index contributed by atoms with van der Waals surface area (Å²) in [5.41, 5.74) is 6.56. The van der Waals surface area contributed by atoms with Gasteiger partial charge in [-0.1, -0.05) is 11.6 Å². The Hall–Kier alpha value is -2.00. The number of thioether (sulfide) groups is 1. The summed E-state index contributed by atoms with van der Waals surface area (Å²) in [6, 6.07) is 9.68. The van der Waals surface area contributed by atoms with E-state index in [9.17, 15) is 9.18 Å². The number of nitrogen functional groups attached to an aromatic ring is 1. The summed E-state index contributed by atoms with van der Waals surface area (Å²) in [6.45, 7) is 5.85. The summed E-state index contributed by atoms with van der Waals surface area (Å²) in [5, 5.41) is 3.24. The maximum atomic E-state index is 13.0. The van der Waals surface area contributed by atoms with Gasteiger partial charge in [-0.3, -0.25) is 9.69 Å². The highest BCUT2D eigenvalue weighted by Crippen LogP contribution is 2.29. The summed E-state index contributed by atoms with van der Waals surface area (Å²) in [7, 11) is 0. The molecule has 3 N–H and O–H groups in total. The second kappa shape index (κ2) is 12.3. The van der Waals surface area contributed by atoms with Crippen molar-refractivity contribution >= 4 is 35.0 Å². The number of halogens is 2. The van der Waals surface area contributed by atoms with E-state index in [0.717, 1.165) is 36.7 Å². The van der Waals surface area contributed by atoms with E-state index in [4.69, 9.17) is 26.8 Å². The first kappa shape index (κ1) is 24.6. The lowest BCUT2D eigenvalue weighted by Gasteiger charge is -2.33. The average molecular weight is 482 g/mol. The molecule has 174 valence electrons. The summed E-state index contributed by atoms with van der Waals surface area (Å²) in [5.74, 6) is 0.889. The fourth-order valence-corrected chi connectivity index (χ4v) is 4.44. The molecule has 9 heteroatoms. The molecule has 0 spiro atoms. The molecule has 1 atom stereocenters. The summed E-state index contributed by atoms with van der Waals surface area (Å²) in [6.07, 6.45) is 0.931. The van der Waals surface area contributed by atoms with Crippen molar-refractivity contribution in [3.05, 3.63) is 52.8 Å². The summed E-state index contributed by atoms with van der Waals surface area (Å²) < 4.78 is 24.3. The number of hydrogen-bond donors (Lipinski definition) is 2. The highest BCUT2D eigenvalue weighted by Gasteiger charge is 2.22. The van der Waals surface area contributed by atoms with Crippen LogP contribution in [0.2, 0.25) is 5.02 Å². The van der Waals surface area contributed by atoms with Gasteiger partial charge in [0.25, 0.3) is 5.91 Å². The van der Waals surface area contributed by atoms with E-state index in [1.165, 1.54) is 18.2 Å². The van der Waals surface area contributed by atoms with Crippen LogP contribution in [0.3, 0.4) is 0 Å². The largest absolute Gasteiger partial charge is 0.493 e. The highest BCUT2D eigenvalue weighted by molar-refractivity contribution is 7.99. The van der Waals surface area contributed by atoms with Crippen molar-refractivity contribution in [1.29, 1.82) is 0 Å². The molecule has 0 radical (unpaired) electrons. The van der Waals surface area contributed by atoms with E-state index in [1.807, 2.05) is 6.92 Å². The van der Waals surface area contributed by atoms with Crippen LogP contribution in [0.5, 0.6) is 5.75 Å². The molecule has 0 aliphatic carbocycles. The Balaban J connectivity index is 1.43. The molecule has 1 unspecified atom stereocenters. The Morgan fingerprint density at radius 3 is 2.91 bits per heavy atom. The Morgan fingerprint density at radius 2 is 2.16 bits per heavy atom. The van der Waals surface area contributed by atoms with E-state index in [2.05, 4.69) is 10.2 Å².